The van der Waals surface area contributed by atoms with E-state index < -0.39 is 0 Å². The van der Waals surface area contributed by atoms with Gasteiger partial charge in [-0.3, -0.25) is 5.01 Å². The van der Waals surface area contributed by atoms with Crippen LogP contribution in [-0.4, -0.2) is 36.2 Å². The average Bonchev–Trinajstić information content (AvgIpc) is 2.72. The highest BCUT2D eigenvalue weighted by Crippen LogP contribution is 2.06. The monoisotopic (exact) mass is 222 g/mol. The maximum Gasteiger partial charge on any atom is 0.143 e. The lowest BCUT2D eigenvalue weighted by molar-refractivity contribution is 0.0805. The Morgan fingerprint density at radius 1 is 1.31 bits per heavy atom. The van der Waals surface area contributed by atoms with Gasteiger partial charge in [-0.25, -0.2) is 0 Å². The summed E-state index contributed by atoms with van der Waals surface area (Å²) in [5.74, 6) is 0. The Hall–Kier alpha value is -1.78. The smallest absolute Gasteiger partial charge is 0.143 e. The van der Waals surface area contributed by atoms with Crippen LogP contribution in [0.5, 0.6) is 0 Å². The van der Waals surface area contributed by atoms with Gasteiger partial charge in [-0.1, -0.05) is 22.7 Å². The maximum atomic E-state index is 12.6. The van der Waals surface area contributed by atoms with Crippen molar-refractivity contribution in [2.75, 3.05) is 25.1 Å². The molecule has 0 saturated heterocycles. The molecule has 0 atom stereocenters. The van der Waals surface area contributed by atoms with E-state index in [1.165, 1.54) is 6.34 Å². The van der Waals surface area contributed by atoms with Gasteiger partial charge < -0.3 is 5.32 Å². The van der Waals surface area contributed by atoms with Crippen molar-refractivity contribution in [1.29, 1.82) is 0 Å². The van der Waals surface area contributed by atoms with Crippen molar-refractivity contribution in [2.24, 2.45) is 5.10 Å². The SMILES string of the molecule is FN1C=NN(CCCNc2ccccc2)C1. The molecule has 86 valence electrons. The van der Waals surface area contributed by atoms with Gasteiger partial charge in [0.15, 0.2) is 0 Å². The fraction of sp³-hybridized carbons (Fsp3) is 0.364. The molecule has 0 aromatic heterocycles. The van der Waals surface area contributed by atoms with Crippen LogP contribution in [0.2, 0.25) is 0 Å². The number of rotatable bonds is 5. The van der Waals surface area contributed by atoms with Gasteiger partial charge in [-0.05, 0) is 18.6 Å². The minimum atomic E-state index is 0.241. The van der Waals surface area contributed by atoms with Crippen molar-refractivity contribution in [3.63, 3.8) is 0 Å². The zero-order chi connectivity index (χ0) is 11.2. The predicted molar refractivity (Wildman–Crippen MR) is 62.6 cm³/mol. The summed E-state index contributed by atoms with van der Waals surface area (Å²) in [4.78, 5) is 0. The van der Waals surface area contributed by atoms with Crippen LogP contribution in [0.4, 0.5) is 10.2 Å². The molecule has 4 nitrogen and oxygen atoms in total. The summed E-state index contributed by atoms with van der Waals surface area (Å²) in [6, 6.07) is 10.0. The van der Waals surface area contributed by atoms with Crippen LogP contribution in [0.15, 0.2) is 35.4 Å². The van der Waals surface area contributed by atoms with Gasteiger partial charge >= 0.3 is 0 Å². The van der Waals surface area contributed by atoms with Crippen LogP contribution in [0, 0.1) is 0 Å². The highest BCUT2D eigenvalue weighted by Gasteiger charge is 2.11. The zero-order valence-electron chi connectivity index (χ0n) is 9.01. The first-order valence-electron chi connectivity index (χ1n) is 5.35. The van der Waals surface area contributed by atoms with Crippen LogP contribution in [-0.2, 0) is 0 Å². The number of halogens is 1. The molecule has 5 heteroatoms. The van der Waals surface area contributed by atoms with E-state index in [2.05, 4.69) is 10.4 Å². The maximum absolute atomic E-state index is 12.6. The highest BCUT2D eigenvalue weighted by molar-refractivity contribution is 5.54. The summed E-state index contributed by atoms with van der Waals surface area (Å²) >= 11 is 0. The molecule has 0 bridgehead atoms. The normalized spacial score (nSPS) is 14.6. The van der Waals surface area contributed by atoms with Crippen molar-refractivity contribution >= 4 is 12.0 Å². The molecule has 0 unspecified atom stereocenters. The summed E-state index contributed by atoms with van der Waals surface area (Å²) in [5, 5.41) is 9.46. The Balaban J connectivity index is 1.61. The first-order valence-corrected chi connectivity index (χ1v) is 5.35. The van der Waals surface area contributed by atoms with E-state index in [1.807, 2.05) is 30.3 Å². The summed E-state index contributed by atoms with van der Waals surface area (Å²) in [7, 11) is 0. The molecule has 1 aromatic carbocycles. The second kappa shape index (κ2) is 5.34. The molecule has 0 saturated carbocycles. The molecule has 16 heavy (non-hydrogen) atoms. The second-order valence-electron chi connectivity index (χ2n) is 3.65. The zero-order valence-corrected chi connectivity index (χ0v) is 9.01. The van der Waals surface area contributed by atoms with E-state index in [1.54, 1.807) is 5.01 Å². The Morgan fingerprint density at radius 3 is 2.81 bits per heavy atom. The Morgan fingerprint density at radius 2 is 2.12 bits per heavy atom. The summed E-state index contributed by atoms with van der Waals surface area (Å²) in [6.07, 6.45) is 2.13. The van der Waals surface area contributed by atoms with Gasteiger partial charge in [0, 0.05) is 18.8 Å². The molecule has 0 spiro atoms. The van der Waals surface area contributed by atoms with Crippen molar-refractivity contribution < 1.29 is 4.48 Å². The molecular weight excluding hydrogens is 207 g/mol. The lowest BCUT2D eigenvalue weighted by Crippen LogP contribution is -2.23. The van der Waals surface area contributed by atoms with Gasteiger partial charge in [-0.15, -0.1) is 0 Å². The molecule has 0 amide bonds. The fourth-order valence-corrected chi connectivity index (χ4v) is 1.54. The van der Waals surface area contributed by atoms with Gasteiger partial charge in [0.05, 0.1) is 0 Å². The summed E-state index contributed by atoms with van der Waals surface area (Å²) in [6.45, 7) is 1.87. The van der Waals surface area contributed by atoms with Crippen molar-refractivity contribution in [2.45, 2.75) is 6.42 Å². The Bertz CT molecular complexity index is 341. The third-order valence-corrected chi connectivity index (χ3v) is 2.33. The van der Waals surface area contributed by atoms with E-state index in [-0.39, 0.29) is 6.67 Å². The summed E-state index contributed by atoms with van der Waals surface area (Å²) < 4.78 is 12.6. The number of benzene rings is 1. The number of hydrazone groups is 1. The van der Waals surface area contributed by atoms with Gasteiger partial charge in [0.2, 0.25) is 0 Å². The topological polar surface area (TPSA) is 30.9 Å². The molecule has 1 N–H and O–H groups in total. The number of para-hydroxylation sites is 1. The minimum absolute atomic E-state index is 0.241. The van der Waals surface area contributed by atoms with E-state index in [9.17, 15) is 4.48 Å². The van der Waals surface area contributed by atoms with Gasteiger partial charge in [-0.2, -0.15) is 10.2 Å². The quantitative estimate of drug-likeness (QED) is 0.609. The predicted octanol–water partition coefficient (Wildman–Crippen LogP) is 1.89. The molecule has 1 heterocycles. The molecule has 0 fully saturated rings. The van der Waals surface area contributed by atoms with Crippen molar-refractivity contribution in [1.82, 2.24) is 10.1 Å². The fourth-order valence-electron chi connectivity index (χ4n) is 1.54. The Labute approximate surface area is 94.3 Å². The average molecular weight is 222 g/mol. The molecule has 1 aromatic rings. The molecule has 1 aliphatic rings. The first kappa shape index (κ1) is 10.7. The molecule has 1 aliphatic heterocycles. The number of nitrogens with zero attached hydrogens (tertiary/aromatic N) is 3. The van der Waals surface area contributed by atoms with E-state index in [0.717, 1.165) is 25.2 Å². The molecule has 0 aliphatic carbocycles. The van der Waals surface area contributed by atoms with E-state index in [4.69, 9.17) is 0 Å². The highest BCUT2D eigenvalue weighted by atomic mass is 19.2. The van der Waals surface area contributed by atoms with Crippen LogP contribution in [0.3, 0.4) is 0 Å². The van der Waals surface area contributed by atoms with Crippen LogP contribution < -0.4 is 5.32 Å². The first-order chi connectivity index (χ1) is 7.84. The van der Waals surface area contributed by atoms with E-state index >= 15 is 0 Å². The summed E-state index contributed by atoms with van der Waals surface area (Å²) in [5.41, 5.74) is 1.11. The van der Waals surface area contributed by atoms with Crippen molar-refractivity contribution in [3.8, 4) is 0 Å². The minimum Gasteiger partial charge on any atom is -0.385 e. The standard InChI is InChI=1S/C11H15FN4/c12-15-9-14-16(10-15)8-4-7-13-11-5-2-1-3-6-11/h1-3,5-6,9,13H,4,7-8,10H2. The van der Waals surface area contributed by atoms with Crippen molar-refractivity contribution in [3.05, 3.63) is 30.3 Å². The van der Waals surface area contributed by atoms with Crippen LogP contribution in [0.1, 0.15) is 6.42 Å². The molecular formula is C11H15FN4. The van der Waals surface area contributed by atoms with Gasteiger partial charge in [0.1, 0.15) is 13.0 Å². The molecule has 0 radical (unpaired) electrons. The lowest BCUT2D eigenvalue weighted by Gasteiger charge is -2.13. The molecule has 2 rings (SSSR count). The lowest BCUT2D eigenvalue weighted by atomic mass is 10.3. The van der Waals surface area contributed by atoms with Crippen LogP contribution in [0.25, 0.3) is 0 Å². The third-order valence-electron chi connectivity index (χ3n) is 2.33. The Kier molecular flexibility index (Phi) is 3.58. The second-order valence-corrected chi connectivity index (χ2v) is 3.65. The number of anilines is 1. The van der Waals surface area contributed by atoms with Crippen LogP contribution >= 0.6 is 0 Å². The third kappa shape index (κ3) is 3.12. The number of nitrogens with one attached hydrogen (secondary N) is 1. The van der Waals surface area contributed by atoms with E-state index in [0.29, 0.717) is 5.12 Å². The largest absolute Gasteiger partial charge is 0.385 e. The van der Waals surface area contributed by atoms with Gasteiger partial charge in [0.25, 0.3) is 0 Å². The number of hydrogen-bond donors (Lipinski definition) is 1. The number of hydrogen-bond acceptors (Lipinski definition) is 4.